The number of rotatable bonds is 8. The molecule has 1 aromatic heterocycles. The highest BCUT2D eigenvalue weighted by molar-refractivity contribution is 5.87. The second-order valence-electron chi connectivity index (χ2n) is 4.71. The maximum Gasteiger partial charge on any atom is 0.335 e. The Kier molecular flexibility index (Phi) is 5.48. The van der Waals surface area contributed by atoms with Crippen LogP contribution in [0.25, 0.3) is 0 Å². The van der Waals surface area contributed by atoms with E-state index in [1.807, 2.05) is 23.1 Å². The van der Waals surface area contributed by atoms with E-state index in [4.69, 9.17) is 9.84 Å². The van der Waals surface area contributed by atoms with Crippen molar-refractivity contribution in [2.75, 3.05) is 13.7 Å². The monoisotopic (exact) mass is 289 g/mol. The van der Waals surface area contributed by atoms with Crippen LogP contribution in [-0.4, -0.2) is 34.6 Å². The number of hydrogen-bond donors (Lipinski definition) is 2. The molecule has 0 spiro atoms. The molecule has 1 aromatic carbocycles. The number of aromatic nitrogens is 2. The first-order valence-electron chi connectivity index (χ1n) is 6.72. The molecule has 0 atom stereocenters. The number of aromatic carboxylic acids is 1. The molecule has 0 fully saturated rings. The molecule has 6 nitrogen and oxygen atoms in total. The molecular weight excluding hydrogens is 270 g/mol. The van der Waals surface area contributed by atoms with Crippen LogP contribution in [-0.2, 0) is 24.4 Å². The van der Waals surface area contributed by atoms with Crippen LogP contribution in [0.3, 0.4) is 0 Å². The van der Waals surface area contributed by atoms with Gasteiger partial charge >= 0.3 is 5.97 Å². The number of benzene rings is 1. The summed E-state index contributed by atoms with van der Waals surface area (Å²) in [4.78, 5) is 10.9. The second-order valence-corrected chi connectivity index (χ2v) is 4.71. The predicted molar refractivity (Wildman–Crippen MR) is 78.0 cm³/mol. The minimum Gasteiger partial charge on any atom is -0.478 e. The summed E-state index contributed by atoms with van der Waals surface area (Å²) in [5, 5.41) is 16.5. The Bertz CT molecular complexity index is 595. The van der Waals surface area contributed by atoms with Crippen molar-refractivity contribution in [1.29, 1.82) is 0 Å². The molecule has 2 aromatic rings. The highest BCUT2D eigenvalue weighted by Gasteiger charge is 2.03. The van der Waals surface area contributed by atoms with Crippen LogP contribution in [0.4, 0.5) is 0 Å². The zero-order valence-electron chi connectivity index (χ0n) is 12.0. The smallest absolute Gasteiger partial charge is 0.335 e. The Morgan fingerprint density at radius 2 is 2.19 bits per heavy atom. The van der Waals surface area contributed by atoms with Gasteiger partial charge in [0.25, 0.3) is 0 Å². The second kappa shape index (κ2) is 7.56. The van der Waals surface area contributed by atoms with Crippen molar-refractivity contribution in [2.24, 2.45) is 0 Å². The van der Waals surface area contributed by atoms with E-state index in [0.29, 0.717) is 25.3 Å². The average Bonchev–Trinajstić information content (AvgIpc) is 2.93. The summed E-state index contributed by atoms with van der Waals surface area (Å²) in [7, 11) is 1.66. The van der Waals surface area contributed by atoms with Gasteiger partial charge in [0.15, 0.2) is 0 Å². The first kappa shape index (κ1) is 15.2. The molecule has 0 aliphatic heterocycles. The summed E-state index contributed by atoms with van der Waals surface area (Å²) in [6, 6.07) is 6.92. The number of ether oxygens (including phenoxy) is 1. The van der Waals surface area contributed by atoms with Gasteiger partial charge in [0, 0.05) is 32.0 Å². The van der Waals surface area contributed by atoms with E-state index < -0.39 is 5.97 Å². The van der Waals surface area contributed by atoms with Crippen molar-refractivity contribution in [3.8, 4) is 0 Å². The number of carboxylic acid groups (broad SMARTS) is 1. The molecule has 0 saturated heterocycles. The maximum atomic E-state index is 10.9. The Balaban J connectivity index is 1.82. The molecule has 0 aliphatic carbocycles. The summed E-state index contributed by atoms with van der Waals surface area (Å²) in [5.74, 6) is -0.906. The van der Waals surface area contributed by atoms with Crippen LogP contribution >= 0.6 is 0 Å². The number of methoxy groups -OCH3 is 1. The number of hydrogen-bond acceptors (Lipinski definition) is 4. The lowest BCUT2D eigenvalue weighted by molar-refractivity contribution is 0.0696. The molecule has 0 bridgehead atoms. The zero-order valence-corrected chi connectivity index (χ0v) is 12.0. The number of carboxylic acids is 1. The molecule has 1 heterocycles. The Hall–Kier alpha value is -2.18. The van der Waals surface area contributed by atoms with Gasteiger partial charge < -0.3 is 15.2 Å². The van der Waals surface area contributed by atoms with Gasteiger partial charge in [-0.25, -0.2) is 4.79 Å². The van der Waals surface area contributed by atoms with Gasteiger partial charge in [-0.05, 0) is 17.7 Å². The Labute approximate surface area is 123 Å². The van der Waals surface area contributed by atoms with E-state index >= 15 is 0 Å². The van der Waals surface area contributed by atoms with Gasteiger partial charge in [0.1, 0.15) is 0 Å². The summed E-state index contributed by atoms with van der Waals surface area (Å²) in [5.41, 5.74) is 2.34. The summed E-state index contributed by atoms with van der Waals surface area (Å²) >= 11 is 0. The van der Waals surface area contributed by atoms with Crippen molar-refractivity contribution in [3.05, 3.63) is 53.3 Å². The van der Waals surface area contributed by atoms with Gasteiger partial charge in [-0.2, -0.15) is 5.10 Å². The molecule has 2 N–H and O–H groups in total. The Morgan fingerprint density at radius 1 is 1.38 bits per heavy atom. The van der Waals surface area contributed by atoms with Crippen LogP contribution in [0.1, 0.15) is 21.5 Å². The summed E-state index contributed by atoms with van der Waals surface area (Å²) < 4.78 is 6.84. The average molecular weight is 289 g/mol. The van der Waals surface area contributed by atoms with Crippen LogP contribution in [0.5, 0.6) is 0 Å². The zero-order chi connectivity index (χ0) is 15.1. The van der Waals surface area contributed by atoms with E-state index in [1.165, 1.54) is 0 Å². The maximum absolute atomic E-state index is 10.9. The minimum atomic E-state index is -0.906. The fraction of sp³-hybridized carbons (Fsp3) is 0.333. The molecule has 6 heteroatoms. The fourth-order valence-corrected chi connectivity index (χ4v) is 1.97. The SMILES string of the molecule is COCCn1cc(CNCc2cccc(C(=O)O)c2)cn1. The molecule has 0 radical (unpaired) electrons. The molecule has 0 aliphatic rings. The first-order chi connectivity index (χ1) is 10.2. The van der Waals surface area contributed by atoms with E-state index in [1.54, 1.807) is 25.3 Å². The number of nitrogens with one attached hydrogen (secondary N) is 1. The third-order valence-electron chi connectivity index (χ3n) is 3.04. The molecule has 2 rings (SSSR count). The van der Waals surface area contributed by atoms with Gasteiger partial charge in [-0.15, -0.1) is 0 Å². The highest BCUT2D eigenvalue weighted by atomic mass is 16.5. The van der Waals surface area contributed by atoms with Crippen molar-refractivity contribution >= 4 is 5.97 Å². The lowest BCUT2D eigenvalue weighted by atomic mass is 10.1. The van der Waals surface area contributed by atoms with Gasteiger partial charge in [-0.3, -0.25) is 4.68 Å². The Morgan fingerprint density at radius 3 is 2.95 bits per heavy atom. The first-order valence-corrected chi connectivity index (χ1v) is 6.72. The van der Waals surface area contributed by atoms with Crippen LogP contribution in [0.15, 0.2) is 36.7 Å². The van der Waals surface area contributed by atoms with E-state index in [-0.39, 0.29) is 0 Å². The standard InChI is InChI=1S/C15H19N3O3/c1-21-6-5-18-11-13(10-17-18)9-16-8-12-3-2-4-14(7-12)15(19)20/h2-4,7,10-11,16H,5-6,8-9H2,1H3,(H,19,20). The third-order valence-corrected chi connectivity index (χ3v) is 3.04. The van der Waals surface area contributed by atoms with Crippen molar-refractivity contribution in [2.45, 2.75) is 19.6 Å². The van der Waals surface area contributed by atoms with Gasteiger partial charge in [-0.1, -0.05) is 12.1 Å². The molecular formula is C15H19N3O3. The third kappa shape index (κ3) is 4.70. The van der Waals surface area contributed by atoms with E-state index in [9.17, 15) is 4.79 Å². The van der Waals surface area contributed by atoms with Gasteiger partial charge in [0.2, 0.25) is 0 Å². The van der Waals surface area contributed by atoms with E-state index in [0.717, 1.165) is 17.7 Å². The van der Waals surface area contributed by atoms with Crippen LogP contribution < -0.4 is 5.32 Å². The number of nitrogens with zero attached hydrogens (tertiary/aromatic N) is 2. The molecule has 0 unspecified atom stereocenters. The summed E-state index contributed by atoms with van der Waals surface area (Å²) in [6.07, 6.45) is 3.79. The fourth-order valence-electron chi connectivity index (χ4n) is 1.97. The molecule has 112 valence electrons. The van der Waals surface area contributed by atoms with Crippen molar-refractivity contribution in [1.82, 2.24) is 15.1 Å². The molecule has 0 amide bonds. The predicted octanol–water partition coefficient (Wildman–Crippen LogP) is 1.52. The largest absolute Gasteiger partial charge is 0.478 e. The van der Waals surface area contributed by atoms with Crippen LogP contribution in [0.2, 0.25) is 0 Å². The van der Waals surface area contributed by atoms with Gasteiger partial charge in [0.05, 0.1) is 24.9 Å². The van der Waals surface area contributed by atoms with Crippen molar-refractivity contribution in [3.63, 3.8) is 0 Å². The topological polar surface area (TPSA) is 76.4 Å². The van der Waals surface area contributed by atoms with E-state index in [2.05, 4.69) is 10.4 Å². The van der Waals surface area contributed by atoms with Crippen molar-refractivity contribution < 1.29 is 14.6 Å². The normalized spacial score (nSPS) is 10.7. The van der Waals surface area contributed by atoms with Crippen LogP contribution in [0, 0.1) is 0 Å². The lowest BCUT2D eigenvalue weighted by Gasteiger charge is -2.04. The summed E-state index contributed by atoms with van der Waals surface area (Å²) in [6.45, 7) is 2.67. The number of carbonyl (C=O) groups is 1. The molecule has 0 saturated carbocycles. The minimum absolute atomic E-state index is 0.307. The lowest BCUT2D eigenvalue weighted by Crippen LogP contribution is -2.13. The quantitative estimate of drug-likeness (QED) is 0.770. The highest BCUT2D eigenvalue weighted by Crippen LogP contribution is 2.06. The molecule has 21 heavy (non-hydrogen) atoms.